The minimum atomic E-state index is -0.514. The Morgan fingerprint density at radius 2 is 2.11 bits per heavy atom. The average molecular weight is 262 g/mol. The van der Waals surface area contributed by atoms with E-state index in [1.165, 1.54) is 0 Å². The number of benzene rings is 1. The fourth-order valence-electron chi connectivity index (χ4n) is 1.31. The van der Waals surface area contributed by atoms with E-state index in [9.17, 15) is 4.39 Å². The van der Waals surface area contributed by atoms with E-state index in [-0.39, 0.29) is 25.1 Å². The van der Waals surface area contributed by atoms with Crippen LogP contribution in [0.3, 0.4) is 0 Å². The lowest BCUT2D eigenvalue weighted by molar-refractivity contribution is 0.264. The molecule has 7 heteroatoms. The predicted octanol–water partition coefficient (Wildman–Crippen LogP) is 1.90. The third-order valence-corrected chi connectivity index (χ3v) is 2.18. The van der Waals surface area contributed by atoms with Crippen LogP contribution in [0.25, 0.3) is 0 Å². The third-order valence-electron chi connectivity index (χ3n) is 2.18. The molecular formula is C12H11FN4O2. The zero-order valence-corrected chi connectivity index (χ0v) is 9.97. The summed E-state index contributed by atoms with van der Waals surface area (Å²) in [7, 11) is 0. The minimum absolute atomic E-state index is 0.107. The SMILES string of the molecule is N#Cc1ccc(OCc2nnc(NCCF)o2)cc1. The van der Waals surface area contributed by atoms with Crippen molar-refractivity contribution >= 4 is 6.01 Å². The van der Waals surface area contributed by atoms with E-state index in [0.29, 0.717) is 11.3 Å². The van der Waals surface area contributed by atoms with Crippen LogP contribution in [0, 0.1) is 11.3 Å². The number of hydrogen-bond acceptors (Lipinski definition) is 6. The van der Waals surface area contributed by atoms with E-state index in [1.54, 1.807) is 24.3 Å². The molecule has 0 spiro atoms. The molecule has 1 aromatic carbocycles. The van der Waals surface area contributed by atoms with Crippen molar-refractivity contribution in [1.82, 2.24) is 10.2 Å². The maximum Gasteiger partial charge on any atom is 0.315 e. The minimum Gasteiger partial charge on any atom is -0.484 e. The van der Waals surface area contributed by atoms with Gasteiger partial charge in [-0.05, 0) is 24.3 Å². The van der Waals surface area contributed by atoms with Crippen LogP contribution in [0.4, 0.5) is 10.4 Å². The van der Waals surface area contributed by atoms with Gasteiger partial charge in [-0.1, -0.05) is 5.10 Å². The summed E-state index contributed by atoms with van der Waals surface area (Å²) in [4.78, 5) is 0. The van der Waals surface area contributed by atoms with Crippen molar-refractivity contribution < 1.29 is 13.5 Å². The fraction of sp³-hybridized carbons (Fsp3) is 0.250. The number of nitrogens with zero attached hydrogens (tertiary/aromatic N) is 3. The van der Waals surface area contributed by atoms with Gasteiger partial charge in [-0.15, -0.1) is 5.10 Å². The van der Waals surface area contributed by atoms with Gasteiger partial charge < -0.3 is 14.5 Å². The van der Waals surface area contributed by atoms with Gasteiger partial charge in [-0.3, -0.25) is 0 Å². The summed E-state index contributed by atoms with van der Waals surface area (Å²) >= 11 is 0. The Labute approximate surface area is 108 Å². The standard InChI is InChI=1S/C12H11FN4O2/c13-5-6-15-12-17-16-11(19-12)8-18-10-3-1-9(7-14)2-4-10/h1-4H,5-6,8H2,(H,15,17). The summed E-state index contributed by atoms with van der Waals surface area (Å²) in [5.74, 6) is 0.876. The molecule has 0 aliphatic heterocycles. The van der Waals surface area contributed by atoms with Gasteiger partial charge in [-0.25, -0.2) is 4.39 Å². The number of hydrogen-bond donors (Lipinski definition) is 1. The summed E-state index contributed by atoms with van der Waals surface area (Å²) in [6.45, 7) is -0.284. The highest BCUT2D eigenvalue weighted by Crippen LogP contribution is 2.14. The highest BCUT2D eigenvalue weighted by molar-refractivity contribution is 5.34. The molecule has 0 saturated heterocycles. The number of nitrogens with one attached hydrogen (secondary N) is 1. The van der Waals surface area contributed by atoms with Crippen LogP contribution in [0.15, 0.2) is 28.7 Å². The molecule has 2 aromatic rings. The molecule has 0 unspecified atom stereocenters. The van der Waals surface area contributed by atoms with E-state index in [2.05, 4.69) is 15.5 Å². The second-order valence-corrected chi connectivity index (χ2v) is 3.54. The maximum atomic E-state index is 11.9. The molecule has 0 bridgehead atoms. The molecule has 1 heterocycles. The maximum absolute atomic E-state index is 11.9. The zero-order valence-electron chi connectivity index (χ0n) is 9.97. The number of nitriles is 1. The Balaban J connectivity index is 1.87. The first-order valence-corrected chi connectivity index (χ1v) is 5.57. The number of aromatic nitrogens is 2. The third kappa shape index (κ3) is 3.67. The Morgan fingerprint density at radius 3 is 2.79 bits per heavy atom. The molecule has 0 aliphatic carbocycles. The van der Waals surface area contributed by atoms with Gasteiger partial charge in [0.2, 0.25) is 0 Å². The number of alkyl halides is 1. The molecule has 0 aliphatic rings. The van der Waals surface area contributed by atoms with Crippen molar-refractivity contribution in [3.05, 3.63) is 35.7 Å². The monoisotopic (exact) mass is 262 g/mol. The van der Waals surface area contributed by atoms with E-state index in [0.717, 1.165) is 0 Å². The van der Waals surface area contributed by atoms with Crippen LogP contribution in [-0.4, -0.2) is 23.4 Å². The summed E-state index contributed by atoms with van der Waals surface area (Å²) in [5.41, 5.74) is 0.558. The summed E-state index contributed by atoms with van der Waals surface area (Å²) < 4.78 is 22.5. The van der Waals surface area contributed by atoms with E-state index >= 15 is 0 Å². The number of anilines is 1. The number of halogens is 1. The Hall–Kier alpha value is -2.62. The summed E-state index contributed by atoms with van der Waals surface area (Å²) in [6.07, 6.45) is 0. The molecule has 2 rings (SSSR count). The molecule has 1 aromatic heterocycles. The molecule has 0 fully saturated rings. The lowest BCUT2D eigenvalue weighted by atomic mass is 10.2. The van der Waals surface area contributed by atoms with Crippen LogP contribution < -0.4 is 10.1 Å². The van der Waals surface area contributed by atoms with E-state index < -0.39 is 6.67 Å². The van der Waals surface area contributed by atoms with Crippen molar-refractivity contribution in [1.29, 1.82) is 5.26 Å². The first-order chi connectivity index (χ1) is 9.31. The fourth-order valence-corrected chi connectivity index (χ4v) is 1.31. The first kappa shape index (κ1) is 12.8. The highest BCUT2D eigenvalue weighted by Gasteiger charge is 2.06. The highest BCUT2D eigenvalue weighted by atomic mass is 19.1. The lowest BCUT2D eigenvalue weighted by Gasteiger charge is -2.02. The summed E-state index contributed by atoms with van der Waals surface area (Å²) in [6, 6.07) is 8.83. The lowest BCUT2D eigenvalue weighted by Crippen LogP contribution is -2.02. The average Bonchev–Trinajstić information content (AvgIpc) is 2.91. The van der Waals surface area contributed by atoms with Crippen LogP contribution in [-0.2, 0) is 6.61 Å². The van der Waals surface area contributed by atoms with Gasteiger partial charge in [0.25, 0.3) is 5.89 Å². The molecule has 0 radical (unpaired) electrons. The van der Waals surface area contributed by atoms with Gasteiger partial charge in [-0.2, -0.15) is 5.26 Å². The van der Waals surface area contributed by atoms with E-state index in [1.807, 2.05) is 6.07 Å². The molecule has 19 heavy (non-hydrogen) atoms. The zero-order chi connectivity index (χ0) is 13.5. The Bertz CT molecular complexity index is 562. The largest absolute Gasteiger partial charge is 0.484 e. The number of rotatable bonds is 6. The van der Waals surface area contributed by atoms with Crippen LogP contribution in [0.2, 0.25) is 0 Å². The smallest absolute Gasteiger partial charge is 0.315 e. The van der Waals surface area contributed by atoms with Gasteiger partial charge in [0.1, 0.15) is 12.4 Å². The van der Waals surface area contributed by atoms with Gasteiger partial charge in [0, 0.05) is 6.54 Å². The van der Waals surface area contributed by atoms with Crippen LogP contribution in [0.1, 0.15) is 11.5 Å². The van der Waals surface area contributed by atoms with Crippen molar-refractivity contribution in [2.24, 2.45) is 0 Å². The Morgan fingerprint density at radius 1 is 1.32 bits per heavy atom. The van der Waals surface area contributed by atoms with Crippen LogP contribution in [0.5, 0.6) is 5.75 Å². The summed E-state index contributed by atoms with van der Waals surface area (Å²) in [5, 5.41) is 18.7. The number of ether oxygens (including phenoxy) is 1. The first-order valence-electron chi connectivity index (χ1n) is 5.57. The van der Waals surface area contributed by atoms with Crippen molar-refractivity contribution in [3.8, 4) is 11.8 Å². The molecule has 6 nitrogen and oxygen atoms in total. The second-order valence-electron chi connectivity index (χ2n) is 3.54. The van der Waals surface area contributed by atoms with Gasteiger partial charge >= 0.3 is 6.01 Å². The normalized spacial score (nSPS) is 9.89. The van der Waals surface area contributed by atoms with E-state index in [4.69, 9.17) is 14.4 Å². The second kappa shape index (κ2) is 6.35. The Kier molecular flexibility index (Phi) is 4.29. The van der Waals surface area contributed by atoms with Crippen molar-refractivity contribution in [2.75, 3.05) is 18.5 Å². The molecule has 98 valence electrons. The van der Waals surface area contributed by atoms with Crippen molar-refractivity contribution in [2.45, 2.75) is 6.61 Å². The topological polar surface area (TPSA) is 84.0 Å². The quantitative estimate of drug-likeness (QED) is 0.855. The van der Waals surface area contributed by atoms with Crippen LogP contribution >= 0.6 is 0 Å². The van der Waals surface area contributed by atoms with Gasteiger partial charge in [0.15, 0.2) is 6.61 Å². The molecule has 0 amide bonds. The predicted molar refractivity (Wildman–Crippen MR) is 64.3 cm³/mol. The molecular weight excluding hydrogens is 251 g/mol. The van der Waals surface area contributed by atoms with Crippen molar-refractivity contribution in [3.63, 3.8) is 0 Å². The van der Waals surface area contributed by atoms with Gasteiger partial charge in [0.05, 0.1) is 11.6 Å². The molecule has 0 saturated carbocycles. The molecule has 1 N–H and O–H groups in total. The molecule has 0 atom stereocenters.